The first kappa shape index (κ1) is 13.4. The average Bonchev–Trinajstić information content (AvgIpc) is 2.43. The predicted molar refractivity (Wildman–Crippen MR) is 71.5 cm³/mol. The average molecular weight is 263 g/mol. The number of fused-ring (bicyclic) bond motifs is 1. The van der Waals surface area contributed by atoms with Gasteiger partial charge < -0.3 is 16.2 Å². The number of urea groups is 1. The van der Waals surface area contributed by atoms with E-state index in [9.17, 15) is 14.7 Å². The maximum atomic E-state index is 12.0. The van der Waals surface area contributed by atoms with Crippen molar-refractivity contribution in [3.63, 3.8) is 0 Å². The summed E-state index contributed by atoms with van der Waals surface area (Å²) in [6.07, 6.45) is 1.44. The molecule has 2 rings (SSSR count). The van der Waals surface area contributed by atoms with Crippen molar-refractivity contribution in [2.24, 2.45) is 5.73 Å². The van der Waals surface area contributed by atoms with Gasteiger partial charge in [0.25, 0.3) is 0 Å². The fourth-order valence-corrected chi connectivity index (χ4v) is 2.31. The molecule has 2 amide bonds. The van der Waals surface area contributed by atoms with Crippen LogP contribution in [-0.2, 0) is 6.42 Å². The summed E-state index contributed by atoms with van der Waals surface area (Å²) in [6.45, 7) is 1.37. The zero-order chi connectivity index (χ0) is 13.8. The Balaban J connectivity index is 2.32. The van der Waals surface area contributed by atoms with Gasteiger partial charge in [-0.3, -0.25) is 4.90 Å². The van der Waals surface area contributed by atoms with Gasteiger partial charge in [0.05, 0.1) is 5.56 Å². The maximum absolute atomic E-state index is 12.0. The molecule has 1 aromatic rings. The van der Waals surface area contributed by atoms with Gasteiger partial charge in [0.1, 0.15) is 0 Å². The number of aromatic carboxylic acids is 1. The van der Waals surface area contributed by atoms with Crippen molar-refractivity contribution in [2.75, 3.05) is 24.5 Å². The number of nitrogens with two attached hydrogens (primary N) is 1. The molecule has 0 radical (unpaired) electrons. The van der Waals surface area contributed by atoms with E-state index in [2.05, 4.69) is 5.32 Å². The summed E-state index contributed by atoms with van der Waals surface area (Å²) in [5.74, 6) is -0.957. The molecule has 102 valence electrons. The predicted octanol–water partition coefficient (Wildman–Crippen LogP) is 0.806. The third-order valence-corrected chi connectivity index (χ3v) is 3.15. The van der Waals surface area contributed by atoms with E-state index < -0.39 is 5.97 Å². The zero-order valence-corrected chi connectivity index (χ0v) is 10.6. The topological polar surface area (TPSA) is 95.7 Å². The highest BCUT2D eigenvalue weighted by atomic mass is 16.4. The number of hydrogen-bond donors (Lipinski definition) is 3. The first-order valence-electron chi connectivity index (χ1n) is 6.25. The summed E-state index contributed by atoms with van der Waals surface area (Å²) in [6, 6.07) is 4.79. The SMILES string of the molecule is NCCNC(=O)N1CCCc2c(C(=O)O)cccc21. The van der Waals surface area contributed by atoms with Crippen LogP contribution >= 0.6 is 0 Å². The minimum atomic E-state index is -0.957. The molecule has 0 bridgehead atoms. The lowest BCUT2D eigenvalue weighted by atomic mass is 9.96. The van der Waals surface area contributed by atoms with Gasteiger partial charge >= 0.3 is 12.0 Å². The fourth-order valence-electron chi connectivity index (χ4n) is 2.31. The van der Waals surface area contributed by atoms with E-state index in [0.717, 1.165) is 12.0 Å². The quantitative estimate of drug-likeness (QED) is 0.751. The highest BCUT2D eigenvalue weighted by Gasteiger charge is 2.25. The van der Waals surface area contributed by atoms with Crippen LogP contribution in [0.4, 0.5) is 10.5 Å². The summed E-state index contributed by atoms with van der Waals surface area (Å²) in [5, 5.41) is 11.9. The second-order valence-corrected chi connectivity index (χ2v) is 4.38. The van der Waals surface area contributed by atoms with Crippen molar-refractivity contribution in [3.05, 3.63) is 29.3 Å². The Hall–Kier alpha value is -2.08. The molecule has 1 aliphatic heterocycles. The Bertz CT molecular complexity index is 502. The van der Waals surface area contributed by atoms with E-state index in [4.69, 9.17) is 5.73 Å². The van der Waals surface area contributed by atoms with Gasteiger partial charge in [-0.05, 0) is 30.5 Å². The number of benzene rings is 1. The number of amides is 2. The van der Waals surface area contributed by atoms with E-state index in [1.165, 1.54) is 0 Å². The molecule has 0 atom stereocenters. The standard InChI is InChI=1S/C13H17N3O3/c14-6-7-15-13(19)16-8-2-4-9-10(12(17)18)3-1-5-11(9)16/h1,3,5H,2,4,6-8,14H2,(H,15,19)(H,17,18). The van der Waals surface area contributed by atoms with Crippen LogP contribution in [0.15, 0.2) is 18.2 Å². The summed E-state index contributed by atoms with van der Waals surface area (Å²) in [4.78, 5) is 24.8. The van der Waals surface area contributed by atoms with Crippen LogP contribution in [0.2, 0.25) is 0 Å². The second kappa shape index (κ2) is 5.71. The van der Waals surface area contributed by atoms with Crippen molar-refractivity contribution >= 4 is 17.7 Å². The van der Waals surface area contributed by atoms with E-state index >= 15 is 0 Å². The summed E-state index contributed by atoms with van der Waals surface area (Å²) in [7, 11) is 0. The van der Waals surface area contributed by atoms with Crippen molar-refractivity contribution in [1.29, 1.82) is 0 Å². The van der Waals surface area contributed by atoms with Gasteiger partial charge in [-0.15, -0.1) is 0 Å². The molecular weight excluding hydrogens is 246 g/mol. The molecule has 1 heterocycles. The Morgan fingerprint density at radius 2 is 2.21 bits per heavy atom. The maximum Gasteiger partial charge on any atom is 0.336 e. The second-order valence-electron chi connectivity index (χ2n) is 4.38. The van der Waals surface area contributed by atoms with Gasteiger partial charge in [0.2, 0.25) is 0 Å². The van der Waals surface area contributed by atoms with Crippen LogP contribution in [0.5, 0.6) is 0 Å². The lowest BCUT2D eigenvalue weighted by Crippen LogP contribution is -2.44. The fraction of sp³-hybridized carbons (Fsp3) is 0.385. The van der Waals surface area contributed by atoms with Crippen LogP contribution in [0.3, 0.4) is 0 Å². The molecule has 0 spiro atoms. The van der Waals surface area contributed by atoms with Crippen LogP contribution in [-0.4, -0.2) is 36.7 Å². The molecule has 4 N–H and O–H groups in total. The minimum absolute atomic E-state index is 0.228. The Labute approximate surface area is 111 Å². The third-order valence-electron chi connectivity index (χ3n) is 3.15. The summed E-state index contributed by atoms with van der Waals surface area (Å²) in [5.41, 5.74) is 7.03. The van der Waals surface area contributed by atoms with Gasteiger partial charge in [-0.25, -0.2) is 9.59 Å². The number of carbonyl (C=O) groups excluding carboxylic acids is 1. The van der Waals surface area contributed by atoms with E-state index in [-0.39, 0.29) is 11.6 Å². The molecule has 0 saturated heterocycles. The van der Waals surface area contributed by atoms with E-state index in [0.29, 0.717) is 31.7 Å². The molecule has 1 aliphatic rings. The molecule has 19 heavy (non-hydrogen) atoms. The number of nitrogens with one attached hydrogen (secondary N) is 1. The van der Waals surface area contributed by atoms with Gasteiger partial charge in [0.15, 0.2) is 0 Å². The van der Waals surface area contributed by atoms with Gasteiger partial charge in [-0.1, -0.05) is 6.07 Å². The summed E-state index contributed by atoms with van der Waals surface area (Å²) >= 11 is 0. The summed E-state index contributed by atoms with van der Waals surface area (Å²) < 4.78 is 0. The third kappa shape index (κ3) is 2.68. The minimum Gasteiger partial charge on any atom is -0.478 e. The van der Waals surface area contributed by atoms with Crippen LogP contribution in [0, 0.1) is 0 Å². The monoisotopic (exact) mass is 263 g/mol. The number of carbonyl (C=O) groups is 2. The van der Waals surface area contributed by atoms with Crippen LogP contribution in [0.25, 0.3) is 0 Å². The van der Waals surface area contributed by atoms with E-state index in [1.807, 2.05) is 0 Å². The van der Waals surface area contributed by atoms with Crippen molar-refractivity contribution in [3.8, 4) is 0 Å². The number of carboxylic acids is 1. The molecule has 0 aliphatic carbocycles. The highest BCUT2D eigenvalue weighted by Crippen LogP contribution is 2.29. The van der Waals surface area contributed by atoms with E-state index in [1.54, 1.807) is 23.1 Å². The molecule has 1 aromatic carbocycles. The molecule has 0 aromatic heterocycles. The molecule has 6 heteroatoms. The number of nitrogens with zero attached hydrogens (tertiary/aromatic N) is 1. The Morgan fingerprint density at radius 3 is 2.89 bits per heavy atom. The zero-order valence-electron chi connectivity index (χ0n) is 10.6. The smallest absolute Gasteiger partial charge is 0.336 e. The molecule has 0 unspecified atom stereocenters. The van der Waals surface area contributed by atoms with Crippen LogP contribution < -0.4 is 16.0 Å². The Morgan fingerprint density at radius 1 is 1.42 bits per heavy atom. The lowest BCUT2D eigenvalue weighted by Gasteiger charge is -2.30. The largest absolute Gasteiger partial charge is 0.478 e. The van der Waals surface area contributed by atoms with Crippen molar-refractivity contribution < 1.29 is 14.7 Å². The van der Waals surface area contributed by atoms with Gasteiger partial charge in [-0.2, -0.15) is 0 Å². The van der Waals surface area contributed by atoms with Gasteiger partial charge in [0, 0.05) is 25.3 Å². The van der Waals surface area contributed by atoms with Crippen molar-refractivity contribution in [2.45, 2.75) is 12.8 Å². The molecule has 0 fully saturated rings. The number of carboxylic acid groups (broad SMARTS) is 1. The Kier molecular flexibility index (Phi) is 4.01. The molecule has 0 saturated carbocycles. The van der Waals surface area contributed by atoms with Crippen molar-refractivity contribution in [1.82, 2.24) is 5.32 Å². The number of hydrogen-bond acceptors (Lipinski definition) is 3. The van der Waals surface area contributed by atoms with Crippen LogP contribution in [0.1, 0.15) is 22.3 Å². The first-order chi connectivity index (χ1) is 9.15. The normalized spacial score (nSPS) is 13.8. The highest BCUT2D eigenvalue weighted by molar-refractivity contribution is 5.97. The number of anilines is 1. The molecule has 6 nitrogen and oxygen atoms in total. The first-order valence-corrected chi connectivity index (χ1v) is 6.25. The lowest BCUT2D eigenvalue weighted by molar-refractivity contribution is 0.0695. The number of rotatable bonds is 3. The molecular formula is C13H17N3O3.